The maximum Gasteiger partial charge on any atom is 0.274 e. The van der Waals surface area contributed by atoms with Crippen molar-refractivity contribution in [3.8, 4) is 0 Å². The highest BCUT2D eigenvalue weighted by atomic mass is 16.6. The molecule has 0 saturated carbocycles. The fraction of sp³-hybridized carbons (Fsp3) is 0.529. The first kappa shape index (κ1) is 17.4. The third-order valence-electron chi connectivity index (χ3n) is 3.39. The van der Waals surface area contributed by atoms with Gasteiger partial charge >= 0.3 is 0 Å². The van der Waals surface area contributed by atoms with Crippen LogP contribution in [-0.4, -0.2) is 11.5 Å². The van der Waals surface area contributed by atoms with Crippen molar-refractivity contribution in [1.82, 2.24) is 0 Å². The van der Waals surface area contributed by atoms with Crippen LogP contribution in [0.1, 0.15) is 50.5 Å². The van der Waals surface area contributed by atoms with E-state index >= 15 is 0 Å². The zero-order chi connectivity index (χ0) is 15.3. The Labute approximate surface area is 127 Å². The van der Waals surface area contributed by atoms with Gasteiger partial charge in [0.05, 0.1) is 17.1 Å². The van der Waals surface area contributed by atoms with Crippen LogP contribution in [0.3, 0.4) is 0 Å². The van der Waals surface area contributed by atoms with E-state index in [9.17, 15) is 10.1 Å². The van der Waals surface area contributed by atoms with E-state index < -0.39 is 0 Å². The van der Waals surface area contributed by atoms with Crippen molar-refractivity contribution in [3.63, 3.8) is 0 Å². The fourth-order valence-corrected chi connectivity index (χ4v) is 2.19. The van der Waals surface area contributed by atoms with Crippen molar-refractivity contribution in [3.05, 3.63) is 52.6 Å². The first-order valence-electron chi connectivity index (χ1n) is 7.66. The van der Waals surface area contributed by atoms with Gasteiger partial charge in [-0.3, -0.25) is 10.1 Å². The Hall–Kier alpha value is -1.68. The molecule has 0 N–H and O–H groups in total. The van der Waals surface area contributed by atoms with Crippen LogP contribution >= 0.6 is 0 Å². The molecular formula is C17H25NO3. The van der Waals surface area contributed by atoms with Crippen LogP contribution < -0.4 is 0 Å². The maximum atomic E-state index is 10.8. The van der Waals surface area contributed by atoms with Gasteiger partial charge in [0.15, 0.2) is 0 Å². The largest absolute Gasteiger partial charge is 0.377 e. The molecule has 0 saturated heterocycles. The monoisotopic (exact) mass is 291 g/mol. The Morgan fingerprint density at radius 2 is 1.76 bits per heavy atom. The molecule has 21 heavy (non-hydrogen) atoms. The maximum absolute atomic E-state index is 10.8. The molecule has 0 radical (unpaired) electrons. The Morgan fingerprint density at radius 3 is 2.48 bits per heavy atom. The Balaban J connectivity index is 2.07. The van der Waals surface area contributed by atoms with E-state index in [-0.39, 0.29) is 10.6 Å². The van der Waals surface area contributed by atoms with Crippen LogP contribution in [0.4, 0.5) is 5.69 Å². The molecule has 1 rings (SSSR count). The Bertz CT molecular complexity index is 432. The highest BCUT2D eigenvalue weighted by Gasteiger charge is 2.11. The van der Waals surface area contributed by atoms with E-state index in [4.69, 9.17) is 4.74 Å². The summed E-state index contributed by atoms with van der Waals surface area (Å²) in [5.41, 5.74) is 0.784. The molecule has 0 aliphatic carbocycles. The van der Waals surface area contributed by atoms with E-state index in [0.717, 1.165) is 19.3 Å². The number of benzene rings is 1. The zero-order valence-electron chi connectivity index (χ0n) is 12.6. The first-order valence-corrected chi connectivity index (χ1v) is 7.66. The molecule has 0 aliphatic rings. The van der Waals surface area contributed by atoms with Gasteiger partial charge < -0.3 is 4.74 Å². The van der Waals surface area contributed by atoms with E-state index in [2.05, 4.69) is 6.58 Å². The summed E-state index contributed by atoms with van der Waals surface area (Å²) in [6.45, 7) is 4.69. The van der Waals surface area contributed by atoms with Crippen molar-refractivity contribution in [1.29, 1.82) is 0 Å². The van der Waals surface area contributed by atoms with Gasteiger partial charge in [0, 0.05) is 12.7 Å². The van der Waals surface area contributed by atoms with Gasteiger partial charge in [0.2, 0.25) is 0 Å². The number of nitro groups is 1. The summed E-state index contributed by atoms with van der Waals surface area (Å²) < 4.78 is 5.54. The van der Waals surface area contributed by atoms with Crippen LogP contribution in [0.5, 0.6) is 0 Å². The fourth-order valence-electron chi connectivity index (χ4n) is 2.19. The average molecular weight is 291 g/mol. The van der Waals surface area contributed by atoms with Gasteiger partial charge in [0.1, 0.15) is 0 Å². The lowest BCUT2D eigenvalue weighted by Crippen LogP contribution is -1.99. The summed E-state index contributed by atoms with van der Waals surface area (Å²) in [6, 6.07) is 6.74. The Morgan fingerprint density at radius 1 is 1.10 bits per heavy atom. The van der Waals surface area contributed by atoms with E-state index in [1.807, 2.05) is 6.08 Å². The first-order chi connectivity index (χ1) is 10.3. The SMILES string of the molecule is C=CCCCCCCCCOCc1ccccc1[N+](=O)[O-]. The minimum absolute atomic E-state index is 0.139. The van der Waals surface area contributed by atoms with E-state index in [1.54, 1.807) is 18.2 Å². The number of allylic oxidation sites excluding steroid dienone is 1. The molecule has 0 atom stereocenters. The number of hydrogen-bond acceptors (Lipinski definition) is 3. The number of rotatable bonds is 12. The number of para-hydroxylation sites is 1. The summed E-state index contributed by atoms with van der Waals surface area (Å²) in [4.78, 5) is 10.5. The second-order valence-electron chi connectivity index (χ2n) is 5.14. The van der Waals surface area contributed by atoms with Crippen LogP contribution in [0.15, 0.2) is 36.9 Å². The summed E-state index contributed by atoms with van der Waals surface area (Å²) in [6.07, 6.45) is 10.2. The van der Waals surface area contributed by atoms with Gasteiger partial charge in [-0.1, -0.05) is 43.9 Å². The zero-order valence-corrected chi connectivity index (χ0v) is 12.6. The lowest BCUT2D eigenvalue weighted by molar-refractivity contribution is -0.385. The molecule has 0 spiro atoms. The highest BCUT2D eigenvalue weighted by molar-refractivity contribution is 5.39. The van der Waals surface area contributed by atoms with Crippen LogP contribution in [-0.2, 0) is 11.3 Å². The molecule has 116 valence electrons. The standard InChI is InChI=1S/C17H25NO3/c1-2-3-4-5-6-7-8-11-14-21-15-16-12-9-10-13-17(16)18(19)20/h2,9-10,12-13H,1,3-8,11,14-15H2. The van der Waals surface area contributed by atoms with Gasteiger partial charge in [0.25, 0.3) is 5.69 Å². The molecule has 1 aromatic rings. The lowest BCUT2D eigenvalue weighted by atomic mass is 10.1. The molecule has 1 aromatic carbocycles. The molecule has 4 nitrogen and oxygen atoms in total. The molecule has 0 aliphatic heterocycles. The van der Waals surface area contributed by atoms with Crippen molar-refractivity contribution in [2.45, 2.75) is 51.6 Å². The van der Waals surface area contributed by atoms with Crippen LogP contribution in [0, 0.1) is 10.1 Å². The van der Waals surface area contributed by atoms with E-state index in [1.165, 1.54) is 31.7 Å². The van der Waals surface area contributed by atoms with Crippen molar-refractivity contribution >= 4 is 5.69 Å². The summed E-state index contributed by atoms with van der Waals surface area (Å²) in [5.74, 6) is 0. The van der Waals surface area contributed by atoms with Crippen molar-refractivity contribution in [2.24, 2.45) is 0 Å². The number of hydrogen-bond donors (Lipinski definition) is 0. The summed E-state index contributed by atoms with van der Waals surface area (Å²) in [7, 11) is 0. The molecule has 0 amide bonds. The van der Waals surface area contributed by atoms with Crippen molar-refractivity contribution < 1.29 is 9.66 Å². The normalized spacial score (nSPS) is 10.5. The third-order valence-corrected chi connectivity index (χ3v) is 3.39. The number of ether oxygens (including phenoxy) is 1. The molecule has 0 heterocycles. The molecular weight excluding hydrogens is 266 g/mol. The quantitative estimate of drug-likeness (QED) is 0.235. The second-order valence-corrected chi connectivity index (χ2v) is 5.14. The van der Waals surface area contributed by atoms with Gasteiger partial charge in [-0.25, -0.2) is 0 Å². The number of nitro benzene ring substituents is 1. The number of unbranched alkanes of at least 4 members (excludes halogenated alkanes) is 6. The third kappa shape index (κ3) is 7.61. The van der Waals surface area contributed by atoms with Crippen molar-refractivity contribution in [2.75, 3.05) is 6.61 Å². The Kier molecular flexibility index (Phi) is 9.13. The smallest absolute Gasteiger partial charge is 0.274 e. The van der Waals surface area contributed by atoms with Crippen LogP contribution in [0.2, 0.25) is 0 Å². The minimum Gasteiger partial charge on any atom is -0.377 e. The predicted molar refractivity (Wildman–Crippen MR) is 85.3 cm³/mol. The highest BCUT2D eigenvalue weighted by Crippen LogP contribution is 2.18. The minimum atomic E-state index is -0.359. The van der Waals surface area contributed by atoms with E-state index in [0.29, 0.717) is 18.8 Å². The molecule has 4 heteroatoms. The molecule has 0 fully saturated rings. The molecule has 0 unspecified atom stereocenters. The summed E-state index contributed by atoms with van der Waals surface area (Å²) >= 11 is 0. The number of nitrogens with zero attached hydrogens (tertiary/aromatic N) is 1. The van der Waals surface area contributed by atoms with Gasteiger partial charge in [-0.15, -0.1) is 6.58 Å². The van der Waals surface area contributed by atoms with Gasteiger partial charge in [-0.05, 0) is 25.3 Å². The lowest BCUT2D eigenvalue weighted by Gasteiger charge is -2.05. The molecule has 0 bridgehead atoms. The second kappa shape index (κ2) is 11.0. The predicted octanol–water partition coefficient (Wildman–Crippen LogP) is 5.03. The topological polar surface area (TPSA) is 52.4 Å². The molecule has 0 aromatic heterocycles. The van der Waals surface area contributed by atoms with Crippen LogP contribution in [0.25, 0.3) is 0 Å². The average Bonchev–Trinajstić information content (AvgIpc) is 2.49. The summed E-state index contributed by atoms with van der Waals surface area (Å²) in [5, 5.41) is 10.8. The van der Waals surface area contributed by atoms with Gasteiger partial charge in [-0.2, -0.15) is 0 Å².